The molecular formula is C108H72N4. The molecular weight excluding hydrogens is 1350 g/mol. The van der Waals surface area contributed by atoms with Crippen molar-refractivity contribution in [2.45, 2.75) is 0 Å². The second-order valence-corrected chi connectivity index (χ2v) is 29.1. The Morgan fingerprint density at radius 2 is 0.402 bits per heavy atom. The Bertz CT molecular complexity index is 7140. The molecule has 0 amide bonds. The lowest BCUT2D eigenvalue weighted by molar-refractivity contribution is 1.17. The molecule has 2 aromatic heterocycles. The van der Waals surface area contributed by atoms with E-state index >= 15 is 0 Å². The highest BCUT2D eigenvalue weighted by Crippen LogP contribution is 2.46. The topological polar surface area (TPSA) is 16.3 Å². The van der Waals surface area contributed by atoms with E-state index in [9.17, 15) is 0 Å². The van der Waals surface area contributed by atoms with Crippen LogP contribution in [-0.4, -0.2) is 9.13 Å². The fraction of sp³-hybridized carbons (Fsp3) is 0. The smallest absolute Gasteiger partial charge is 0.0547 e. The lowest BCUT2D eigenvalue weighted by atomic mass is 10.00. The van der Waals surface area contributed by atoms with Gasteiger partial charge in [-0.1, -0.05) is 309 Å². The van der Waals surface area contributed by atoms with Gasteiger partial charge in [-0.3, -0.25) is 0 Å². The number of nitrogens with zero attached hydrogens (tertiary/aromatic N) is 4. The van der Waals surface area contributed by atoms with Crippen LogP contribution in [0.4, 0.5) is 34.1 Å². The predicted molar refractivity (Wildman–Crippen MR) is 478 cm³/mol. The summed E-state index contributed by atoms with van der Waals surface area (Å²) in [4.78, 5) is 4.70. The van der Waals surface area contributed by atoms with Gasteiger partial charge >= 0.3 is 0 Å². The zero-order valence-corrected chi connectivity index (χ0v) is 61.4. The van der Waals surface area contributed by atoms with Crippen LogP contribution in [0.5, 0.6) is 0 Å². The molecule has 22 rings (SSSR count). The standard InChI is InChI=1S/2C54H36N2/c1-2-11-37(12-3-1)39-23-29-45(30-24-39)55(46-31-25-40(26-32-46)44-22-21-38-13-4-5-16-43(38)35-44)47-17-10-18-48(36-47)56-51-33-27-41-14-6-8-19-49(41)53(51)54-50-20-9-7-15-42(50)28-34-52(54)56;1-2-14-45(15-3-1)55(47-30-24-40(25-31-47)44-19-18-37-10-4-5-13-43(37)36-44)46-28-20-38(21-29-46)39-22-32-48(33-23-39)56-51-34-26-41-11-6-8-16-49(41)53(51)54-50-17-9-7-12-42(50)27-35-52(54)56/h2*1-36H. The van der Waals surface area contributed by atoms with Gasteiger partial charge in [-0.15, -0.1) is 0 Å². The summed E-state index contributed by atoms with van der Waals surface area (Å²) in [7, 11) is 0. The quantitative estimate of drug-likeness (QED) is 0.121. The predicted octanol–water partition coefficient (Wildman–Crippen LogP) is 30.1. The van der Waals surface area contributed by atoms with Gasteiger partial charge in [-0.2, -0.15) is 0 Å². The van der Waals surface area contributed by atoms with Crippen molar-refractivity contribution in [1.29, 1.82) is 0 Å². The fourth-order valence-corrected chi connectivity index (χ4v) is 17.3. The van der Waals surface area contributed by atoms with Gasteiger partial charge in [0.15, 0.2) is 0 Å². The minimum absolute atomic E-state index is 1.09. The van der Waals surface area contributed by atoms with E-state index in [1.54, 1.807) is 0 Å². The van der Waals surface area contributed by atoms with Crippen molar-refractivity contribution in [3.05, 3.63) is 437 Å². The van der Waals surface area contributed by atoms with Gasteiger partial charge in [0.2, 0.25) is 0 Å². The fourth-order valence-electron chi connectivity index (χ4n) is 17.3. The normalized spacial score (nSPS) is 11.6. The van der Waals surface area contributed by atoms with Gasteiger partial charge in [0.1, 0.15) is 0 Å². The Morgan fingerprint density at radius 1 is 0.143 bits per heavy atom. The largest absolute Gasteiger partial charge is 0.311 e. The zero-order chi connectivity index (χ0) is 74.0. The molecule has 0 bridgehead atoms. The SMILES string of the molecule is c1ccc(-c2ccc(N(c3ccc(-c4ccc5ccccc5c4)cc3)c3cccc(-n4c5ccc6ccccc6c5c5c6ccccc6ccc54)c3)cc2)cc1.c1ccc(N(c2ccc(-c3ccc(-n4c5ccc6ccccc6c5c5c6ccccc6ccc54)cc3)cc2)c2ccc(-c3ccc4ccccc4c3)cc2)cc1. The number of rotatable bonds is 12. The molecule has 0 saturated carbocycles. The van der Waals surface area contributed by atoms with E-state index in [-0.39, 0.29) is 0 Å². The Kier molecular flexibility index (Phi) is 16.2. The zero-order valence-electron chi connectivity index (χ0n) is 61.4. The van der Waals surface area contributed by atoms with Crippen LogP contribution in [0.2, 0.25) is 0 Å². The Morgan fingerprint density at radius 3 is 0.786 bits per heavy atom. The van der Waals surface area contributed by atoms with Crippen molar-refractivity contribution in [3.63, 3.8) is 0 Å². The van der Waals surface area contributed by atoms with Crippen LogP contribution in [0.1, 0.15) is 0 Å². The van der Waals surface area contributed by atoms with E-state index in [4.69, 9.17) is 0 Å². The molecule has 4 nitrogen and oxygen atoms in total. The van der Waals surface area contributed by atoms with Crippen molar-refractivity contribution < 1.29 is 0 Å². The molecule has 22 aromatic rings. The third kappa shape index (κ3) is 11.6. The second kappa shape index (κ2) is 27.7. The van der Waals surface area contributed by atoms with Crippen LogP contribution in [0, 0.1) is 0 Å². The average molecular weight is 1430 g/mol. The molecule has 0 fully saturated rings. The number of hydrogen-bond donors (Lipinski definition) is 0. The molecule has 4 heteroatoms. The summed E-state index contributed by atoms with van der Waals surface area (Å²) in [6.07, 6.45) is 0. The minimum Gasteiger partial charge on any atom is -0.311 e. The van der Waals surface area contributed by atoms with Gasteiger partial charge in [-0.25, -0.2) is 0 Å². The van der Waals surface area contributed by atoms with Gasteiger partial charge < -0.3 is 18.9 Å². The summed E-state index contributed by atoms with van der Waals surface area (Å²) < 4.78 is 4.88. The Hall–Kier alpha value is -14.8. The number of para-hydroxylation sites is 1. The highest BCUT2D eigenvalue weighted by Gasteiger charge is 2.23. The van der Waals surface area contributed by atoms with Crippen molar-refractivity contribution in [1.82, 2.24) is 9.13 Å². The van der Waals surface area contributed by atoms with Gasteiger partial charge in [-0.05, 0) is 237 Å². The highest BCUT2D eigenvalue weighted by atomic mass is 15.1. The van der Waals surface area contributed by atoms with Crippen LogP contribution in [-0.2, 0) is 0 Å². The molecule has 0 N–H and O–H groups in total. The van der Waals surface area contributed by atoms with Gasteiger partial charge in [0.25, 0.3) is 0 Å². The summed E-state index contributed by atoms with van der Waals surface area (Å²) >= 11 is 0. The number of aromatic nitrogens is 2. The van der Waals surface area contributed by atoms with E-state index < -0.39 is 0 Å². The molecule has 20 aromatic carbocycles. The lowest BCUT2D eigenvalue weighted by Crippen LogP contribution is -2.10. The third-order valence-electron chi connectivity index (χ3n) is 22.7. The molecule has 0 radical (unpaired) electrons. The first-order valence-electron chi connectivity index (χ1n) is 38.5. The summed E-state index contributed by atoms with van der Waals surface area (Å²) in [6, 6.07) is 159. The van der Waals surface area contributed by atoms with Crippen molar-refractivity contribution in [3.8, 4) is 55.9 Å². The Balaban J connectivity index is 0.000000141. The summed E-state index contributed by atoms with van der Waals surface area (Å²) in [5.74, 6) is 0. The van der Waals surface area contributed by atoms with Crippen molar-refractivity contribution in [2.75, 3.05) is 9.80 Å². The van der Waals surface area contributed by atoms with E-state index in [1.165, 1.54) is 153 Å². The molecule has 0 aliphatic carbocycles. The summed E-state index contributed by atoms with van der Waals surface area (Å²) in [5, 5.41) is 20.3. The molecule has 2 heterocycles. The Labute approximate surface area is 649 Å². The highest BCUT2D eigenvalue weighted by molar-refractivity contribution is 6.30. The maximum atomic E-state index is 2.45. The maximum absolute atomic E-state index is 2.45. The van der Waals surface area contributed by atoms with E-state index in [0.29, 0.717) is 0 Å². The van der Waals surface area contributed by atoms with Crippen LogP contribution >= 0.6 is 0 Å². The minimum atomic E-state index is 1.09. The third-order valence-corrected chi connectivity index (χ3v) is 22.7. The first-order chi connectivity index (χ1) is 55.5. The van der Waals surface area contributed by atoms with Crippen LogP contribution in [0.25, 0.3) is 164 Å². The molecule has 0 aliphatic rings. The number of benzene rings is 20. The molecule has 0 spiro atoms. The van der Waals surface area contributed by atoms with Gasteiger partial charge in [0.05, 0.1) is 22.1 Å². The first-order valence-corrected chi connectivity index (χ1v) is 38.5. The molecule has 524 valence electrons. The van der Waals surface area contributed by atoms with Gasteiger partial charge in [0, 0.05) is 67.0 Å². The molecule has 112 heavy (non-hydrogen) atoms. The van der Waals surface area contributed by atoms with Crippen LogP contribution in [0.3, 0.4) is 0 Å². The summed E-state index contributed by atoms with van der Waals surface area (Å²) in [5.41, 5.74) is 23.3. The van der Waals surface area contributed by atoms with E-state index in [1.807, 2.05) is 0 Å². The van der Waals surface area contributed by atoms with E-state index in [0.717, 1.165) is 45.5 Å². The average Bonchev–Trinajstić information content (AvgIpc) is 1.56. The first kappa shape index (κ1) is 65.5. The summed E-state index contributed by atoms with van der Waals surface area (Å²) in [6.45, 7) is 0. The van der Waals surface area contributed by atoms with E-state index in [2.05, 4.69) is 456 Å². The van der Waals surface area contributed by atoms with Crippen LogP contribution < -0.4 is 9.80 Å². The maximum Gasteiger partial charge on any atom is 0.0547 e. The van der Waals surface area contributed by atoms with Crippen LogP contribution in [0.15, 0.2) is 437 Å². The van der Waals surface area contributed by atoms with Crippen molar-refractivity contribution >= 4 is 142 Å². The number of hydrogen-bond acceptors (Lipinski definition) is 2. The second-order valence-electron chi connectivity index (χ2n) is 29.1. The lowest BCUT2D eigenvalue weighted by Gasteiger charge is -2.26. The number of fused-ring (bicyclic) bond motifs is 16. The molecule has 0 saturated heterocycles. The number of anilines is 6. The van der Waals surface area contributed by atoms with Crippen molar-refractivity contribution in [2.24, 2.45) is 0 Å². The monoisotopic (exact) mass is 1420 g/mol. The molecule has 0 atom stereocenters. The molecule has 0 unspecified atom stereocenters. The molecule has 0 aliphatic heterocycles.